The van der Waals surface area contributed by atoms with Gasteiger partial charge in [-0.25, -0.2) is 4.98 Å². The average molecular weight is 495 g/mol. The highest BCUT2D eigenvalue weighted by Gasteiger charge is 2.16. The average Bonchev–Trinajstić information content (AvgIpc) is 3.33. The van der Waals surface area contributed by atoms with Gasteiger partial charge in [0.1, 0.15) is 5.82 Å². The molecule has 0 aliphatic carbocycles. The van der Waals surface area contributed by atoms with Crippen molar-refractivity contribution in [3.63, 3.8) is 0 Å². The third-order valence-corrected chi connectivity index (χ3v) is 5.89. The molecule has 0 unspecified atom stereocenters. The lowest BCUT2D eigenvalue weighted by molar-refractivity contribution is 0.268. The van der Waals surface area contributed by atoms with Crippen molar-refractivity contribution in [3.05, 3.63) is 90.7 Å². The molecule has 0 spiro atoms. The number of aromatic nitrogens is 2. The number of imidazole rings is 1. The molecule has 5 nitrogen and oxygen atoms in total. The van der Waals surface area contributed by atoms with Gasteiger partial charge in [0, 0.05) is 40.1 Å². The Morgan fingerprint density at radius 2 is 1.30 bits per heavy atom. The van der Waals surface area contributed by atoms with Crippen molar-refractivity contribution < 1.29 is 4.74 Å². The van der Waals surface area contributed by atoms with Crippen molar-refractivity contribution in [3.8, 4) is 33.9 Å². The van der Waals surface area contributed by atoms with E-state index in [9.17, 15) is 0 Å². The highest BCUT2D eigenvalue weighted by Crippen LogP contribution is 2.34. The van der Waals surface area contributed by atoms with E-state index in [0.29, 0.717) is 18.7 Å². The predicted molar refractivity (Wildman–Crippen MR) is 157 cm³/mol. The number of anilines is 2. The molecule has 37 heavy (non-hydrogen) atoms. The lowest BCUT2D eigenvalue weighted by atomic mass is 10.0. The first kappa shape index (κ1) is 26.1. The number of benzene rings is 3. The van der Waals surface area contributed by atoms with Gasteiger partial charge in [-0.1, -0.05) is 48.5 Å². The molecular formula is C32H38N4O. The van der Waals surface area contributed by atoms with Crippen LogP contribution in [-0.4, -0.2) is 28.7 Å². The molecule has 0 aliphatic rings. The summed E-state index contributed by atoms with van der Waals surface area (Å²) < 4.78 is 5.30. The third-order valence-electron chi connectivity index (χ3n) is 5.89. The third kappa shape index (κ3) is 7.04. The van der Waals surface area contributed by atoms with Crippen LogP contribution in [0.2, 0.25) is 0 Å². The second-order valence-electron chi connectivity index (χ2n) is 9.79. The first-order valence-corrected chi connectivity index (χ1v) is 13.1. The molecule has 0 radical (unpaired) electrons. The monoisotopic (exact) mass is 494 g/mol. The fraction of sp³-hybridized carbons (Fsp3) is 0.281. The Kier molecular flexibility index (Phi) is 8.68. The number of hydrogen-bond donors (Lipinski definition) is 3. The Labute approximate surface area is 221 Å². The molecule has 3 N–H and O–H groups in total. The molecule has 1 aromatic heterocycles. The van der Waals surface area contributed by atoms with Gasteiger partial charge in [-0.2, -0.15) is 0 Å². The summed E-state index contributed by atoms with van der Waals surface area (Å²) in [4.78, 5) is 8.70. The van der Waals surface area contributed by atoms with E-state index in [1.54, 1.807) is 6.26 Å². The lowest BCUT2D eigenvalue weighted by Crippen LogP contribution is -2.09. The van der Waals surface area contributed by atoms with E-state index in [2.05, 4.69) is 116 Å². The number of allylic oxidation sites excluding steroid dienone is 1. The number of rotatable bonds is 11. The van der Waals surface area contributed by atoms with Crippen LogP contribution in [-0.2, 0) is 11.2 Å². The van der Waals surface area contributed by atoms with Crippen molar-refractivity contribution in [1.29, 1.82) is 0 Å². The quantitative estimate of drug-likeness (QED) is 0.184. The predicted octanol–water partition coefficient (Wildman–Crippen LogP) is 8.14. The zero-order valence-electron chi connectivity index (χ0n) is 22.5. The Hall–Kier alpha value is -3.99. The number of nitrogens with zero attached hydrogens (tertiary/aromatic N) is 1. The molecule has 0 atom stereocenters. The van der Waals surface area contributed by atoms with E-state index in [1.807, 2.05) is 13.0 Å². The SMILES string of the molecule is CCO/C=C\Cc1ccc(-c2nc(-c3ccc(NC(C)C)cc3)c(-c3ccc(NC(C)C)cc3)[nH]2)cc1. The van der Waals surface area contributed by atoms with Crippen LogP contribution >= 0.6 is 0 Å². The highest BCUT2D eigenvalue weighted by molar-refractivity contribution is 5.82. The number of aromatic amines is 1. The topological polar surface area (TPSA) is 62.0 Å². The smallest absolute Gasteiger partial charge is 0.138 e. The number of nitrogens with one attached hydrogen (secondary N) is 3. The molecule has 0 saturated heterocycles. The fourth-order valence-corrected chi connectivity index (χ4v) is 4.20. The van der Waals surface area contributed by atoms with E-state index in [-0.39, 0.29) is 0 Å². The largest absolute Gasteiger partial charge is 0.502 e. The van der Waals surface area contributed by atoms with Crippen LogP contribution in [0.25, 0.3) is 33.9 Å². The van der Waals surface area contributed by atoms with Gasteiger partial charge in [0.25, 0.3) is 0 Å². The first-order valence-electron chi connectivity index (χ1n) is 13.1. The standard InChI is InChI=1S/C32H38N4O/c1-6-37-21-7-8-24-9-11-27(12-10-24)32-35-30(25-13-17-28(18-14-25)33-22(2)3)31(36-32)26-15-19-29(20-16-26)34-23(4)5/h7,9-23,33-34H,6,8H2,1-5H3,(H,35,36)/b21-7-. The van der Waals surface area contributed by atoms with Gasteiger partial charge < -0.3 is 20.4 Å². The Balaban J connectivity index is 1.67. The number of H-pyrrole nitrogens is 1. The van der Waals surface area contributed by atoms with E-state index < -0.39 is 0 Å². The van der Waals surface area contributed by atoms with Gasteiger partial charge >= 0.3 is 0 Å². The fourth-order valence-electron chi connectivity index (χ4n) is 4.20. The van der Waals surface area contributed by atoms with Crippen molar-refractivity contribution >= 4 is 11.4 Å². The Morgan fingerprint density at radius 1 is 0.757 bits per heavy atom. The summed E-state index contributed by atoms with van der Waals surface area (Å²) in [5.41, 5.74) is 8.64. The lowest BCUT2D eigenvalue weighted by Gasteiger charge is -2.11. The molecule has 3 aromatic carbocycles. The van der Waals surface area contributed by atoms with Crippen molar-refractivity contribution in [2.45, 2.75) is 53.1 Å². The molecule has 5 heteroatoms. The Morgan fingerprint density at radius 3 is 1.84 bits per heavy atom. The molecule has 4 rings (SSSR count). The molecular weight excluding hydrogens is 456 g/mol. The second-order valence-corrected chi connectivity index (χ2v) is 9.79. The van der Waals surface area contributed by atoms with Crippen molar-refractivity contribution in [2.75, 3.05) is 17.2 Å². The summed E-state index contributed by atoms with van der Waals surface area (Å²) in [6, 6.07) is 26.4. The minimum absolute atomic E-state index is 0.383. The van der Waals surface area contributed by atoms with Gasteiger partial charge in [0.2, 0.25) is 0 Å². The minimum Gasteiger partial charge on any atom is -0.502 e. The Bertz CT molecular complexity index is 1210. The molecule has 1 heterocycles. The summed E-state index contributed by atoms with van der Waals surface area (Å²) in [7, 11) is 0. The molecule has 0 fully saturated rings. The van der Waals surface area contributed by atoms with Crippen LogP contribution in [0.4, 0.5) is 11.4 Å². The van der Waals surface area contributed by atoms with E-state index in [4.69, 9.17) is 9.72 Å². The normalized spacial score (nSPS) is 11.4. The summed E-state index contributed by atoms with van der Waals surface area (Å²) in [5.74, 6) is 0.857. The summed E-state index contributed by atoms with van der Waals surface area (Å²) in [6.07, 6.45) is 4.64. The summed E-state index contributed by atoms with van der Waals surface area (Å²) >= 11 is 0. The van der Waals surface area contributed by atoms with E-state index in [0.717, 1.165) is 51.7 Å². The molecule has 0 saturated carbocycles. The van der Waals surface area contributed by atoms with Gasteiger partial charge in [-0.15, -0.1) is 0 Å². The second kappa shape index (κ2) is 12.3. The molecule has 4 aromatic rings. The highest BCUT2D eigenvalue weighted by atomic mass is 16.5. The van der Waals surface area contributed by atoms with Crippen molar-refractivity contribution in [1.82, 2.24) is 9.97 Å². The summed E-state index contributed by atoms with van der Waals surface area (Å²) in [6.45, 7) is 11.2. The minimum atomic E-state index is 0.383. The maximum absolute atomic E-state index is 5.30. The number of hydrogen-bond acceptors (Lipinski definition) is 4. The van der Waals surface area contributed by atoms with Crippen LogP contribution in [0.5, 0.6) is 0 Å². The first-order chi connectivity index (χ1) is 17.9. The van der Waals surface area contributed by atoms with E-state index in [1.165, 1.54) is 5.56 Å². The number of ether oxygens (including phenoxy) is 1. The van der Waals surface area contributed by atoms with Crippen LogP contribution in [0.1, 0.15) is 40.2 Å². The maximum atomic E-state index is 5.30. The molecule has 0 amide bonds. The van der Waals surface area contributed by atoms with Gasteiger partial charge in [0.05, 0.1) is 24.3 Å². The zero-order valence-corrected chi connectivity index (χ0v) is 22.5. The molecule has 0 aliphatic heterocycles. The maximum Gasteiger partial charge on any atom is 0.138 e. The van der Waals surface area contributed by atoms with Gasteiger partial charge in [-0.05, 0) is 76.9 Å². The van der Waals surface area contributed by atoms with Gasteiger partial charge in [0.15, 0.2) is 0 Å². The molecule has 192 valence electrons. The zero-order chi connectivity index (χ0) is 26.2. The van der Waals surface area contributed by atoms with Crippen LogP contribution in [0.3, 0.4) is 0 Å². The van der Waals surface area contributed by atoms with Crippen molar-refractivity contribution in [2.24, 2.45) is 0 Å². The van der Waals surface area contributed by atoms with Crippen LogP contribution in [0, 0.1) is 0 Å². The van der Waals surface area contributed by atoms with Crippen LogP contribution in [0.15, 0.2) is 85.1 Å². The van der Waals surface area contributed by atoms with Crippen LogP contribution < -0.4 is 10.6 Å². The van der Waals surface area contributed by atoms with Gasteiger partial charge in [-0.3, -0.25) is 0 Å². The van der Waals surface area contributed by atoms with E-state index >= 15 is 0 Å². The summed E-state index contributed by atoms with van der Waals surface area (Å²) in [5, 5.41) is 6.93. The molecule has 0 bridgehead atoms.